The Morgan fingerprint density at radius 2 is 1.95 bits per heavy atom. The molecule has 2 atom stereocenters. The second kappa shape index (κ2) is 6.73. The molecule has 0 saturated heterocycles. The highest BCUT2D eigenvalue weighted by molar-refractivity contribution is 6.30. The van der Waals surface area contributed by atoms with E-state index in [4.69, 9.17) is 17.3 Å². The third-order valence-corrected chi connectivity index (χ3v) is 3.70. The van der Waals surface area contributed by atoms with Crippen LogP contribution in [0.25, 0.3) is 6.08 Å². The van der Waals surface area contributed by atoms with E-state index in [9.17, 15) is 4.79 Å². The molecule has 0 spiro atoms. The minimum Gasteiger partial charge on any atom is -0.348 e. The molecule has 1 saturated carbocycles. The highest BCUT2D eigenvalue weighted by Crippen LogP contribution is 2.17. The molecule has 1 aromatic carbocycles. The van der Waals surface area contributed by atoms with E-state index >= 15 is 0 Å². The van der Waals surface area contributed by atoms with E-state index in [0.717, 1.165) is 31.2 Å². The van der Waals surface area contributed by atoms with Gasteiger partial charge in [0.05, 0.1) is 0 Å². The summed E-state index contributed by atoms with van der Waals surface area (Å²) in [6.07, 6.45) is 7.59. The lowest BCUT2D eigenvalue weighted by molar-refractivity contribution is -0.117. The van der Waals surface area contributed by atoms with E-state index in [1.54, 1.807) is 24.3 Å². The van der Waals surface area contributed by atoms with Crippen LogP contribution in [0, 0.1) is 0 Å². The van der Waals surface area contributed by atoms with Crippen LogP contribution < -0.4 is 11.1 Å². The van der Waals surface area contributed by atoms with Crippen molar-refractivity contribution >= 4 is 23.6 Å². The van der Waals surface area contributed by atoms with Gasteiger partial charge in [0.2, 0.25) is 5.91 Å². The third-order valence-electron chi connectivity index (χ3n) is 3.44. The van der Waals surface area contributed by atoms with Gasteiger partial charge in [0.25, 0.3) is 0 Å². The molecule has 1 aromatic rings. The standard InChI is InChI=1S/C15H19ClN2O/c16-12-8-5-11(6-9-12)7-10-15(19)18-14-4-2-1-3-13(14)17/h5-10,13-14H,1-4,17H2,(H,18,19)/b10-7+. The van der Waals surface area contributed by atoms with Crippen molar-refractivity contribution in [3.63, 3.8) is 0 Å². The summed E-state index contributed by atoms with van der Waals surface area (Å²) in [4.78, 5) is 11.8. The summed E-state index contributed by atoms with van der Waals surface area (Å²) in [5, 5.41) is 3.66. The molecule has 0 radical (unpaired) electrons. The van der Waals surface area contributed by atoms with Gasteiger partial charge in [-0.1, -0.05) is 36.6 Å². The third kappa shape index (κ3) is 4.37. The van der Waals surface area contributed by atoms with Gasteiger partial charge >= 0.3 is 0 Å². The van der Waals surface area contributed by atoms with Crippen molar-refractivity contribution in [2.75, 3.05) is 0 Å². The van der Waals surface area contributed by atoms with Crippen LogP contribution in [0.4, 0.5) is 0 Å². The Labute approximate surface area is 118 Å². The maximum Gasteiger partial charge on any atom is 0.244 e. The first-order valence-corrected chi connectivity index (χ1v) is 7.02. The summed E-state index contributed by atoms with van der Waals surface area (Å²) in [7, 11) is 0. The Morgan fingerprint density at radius 1 is 1.26 bits per heavy atom. The fraction of sp³-hybridized carbons (Fsp3) is 0.400. The van der Waals surface area contributed by atoms with Crippen LogP contribution in [0.2, 0.25) is 5.02 Å². The van der Waals surface area contributed by atoms with Gasteiger partial charge in [0.15, 0.2) is 0 Å². The first kappa shape index (κ1) is 14.1. The van der Waals surface area contributed by atoms with Crippen LogP contribution in [0.5, 0.6) is 0 Å². The maximum absolute atomic E-state index is 11.8. The summed E-state index contributed by atoms with van der Waals surface area (Å²) >= 11 is 5.80. The normalized spacial score (nSPS) is 23.5. The van der Waals surface area contributed by atoms with Crippen molar-refractivity contribution in [2.45, 2.75) is 37.8 Å². The Balaban J connectivity index is 1.88. The lowest BCUT2D eigenvalue weighted by Gasteiger charge is -2.28. The number of nitrogens with one attached hydrogen (secondary N) is 1. The molecule has 2 unspecified atom stereocenters. The van der Waals surface area contributed by atoms with Gasteiger partial charge in [0.1, 0.15) is 0 Å². The number of carbonyl (C=O) groups excluding carboxylic acids is 1. The Bertz CT molecular complexity index is 456. The summed E-state index contributed by atoms with van der Waals surface area (Å²) < 4.78 is 0. The van der Waals surface area contributed by atoms with E-state index in [0.29, 0.717) is 5.02 Å². The molecule has 3 N–H and O–H groups in total. The summed E-state index contributed by atoms with van der Waals surface area (Å²) in [5.74, 6) is -0.0858. The van der Waals surface area contributed by atoms with Gasteiger partial charge < -0.3 is 11.1 Å². The SMILES string of the molecule is NC1CCCCC1NC(=O)/C=C/c1ccc(Cl)cc1. The first-order chi connectivity index (χ1) is 9.15. The van der Waals surface area contributed by atoms with Crippen molar-refractivity contribution in [3.05, 3.63) is 40.9 Å². The van der Waals surface area contributed by atoms with E-state index in [-0.39, 0.29) is 18.0 Å². The molecule has 1 aliphatic carbocycles. The van der Waals surface area contributed by atoms with Crippen molar-refractivity contribution in [2.24, 2.45) is 5.73 Å². The van der Waals surface area contributed by atoms with E-state index in [2.05, 4.69) is 5.32 Å². The van der Waals surface area contributed by atoms with E-state index in [1.807, 2.05) is 12.1 Å². The zero-order valence-electron chi connectivity index (χ0n) is 10.8. The van der Waals surface area contributed by atoms with Crippen molar-refractivity contribution in [1.82, 2.24) is 5.32 Å². The number of benzene rings is 1. The van der Waals surface area contributed by atoms with Gasteiger partial charge in [0, 0.05) is 23.2 Å². The van der Waals surface area contributed by atoms with Gasteiger partial charge in [-0.15, -0.1) is 0 Å². The molecule has 2 rings (SSSR count). The molecule has 1 aliphatic rings. The Hall–Kier alpha value is -1.32. The fourth-order valence-corrected chi connectivity index (χ4v) is 2.44. The molecule has 0 heterocycles. The average Bonchev–Trinajstić information content (AvgIpc) is 2.41. The van der Waals surface area contributed by atoms with Gasteiger partial charge in [-0.2, -0.15) is 0 Å². The molecule has 102 valence electrons. The maximum atomic E-state index is 11.8. The van der Waals surface area contributed by atoms with E-state index < -0.39 is 0 Å². The van der Waals surface area contributed by atoms with Crippen LogP contribution in [-0.4, -0.2) is 18.0 Å². The second-order valence-electron chi connectivity index (χ2n) is 4.95. The quantitative estimate of drug-likeness (QED) is 0.836. The number of carbonyl (C=O) groups is 1. The Kier molecular flexibility index (Phi) is 5.00. The summed E-state index contributed by atoms with van der Waals surface area (Å²) in [5.41, 5.74) is 6.95. The predicted octanol–water partition coefficient (Wildman–Crippen LogP) is 2.74. The predicted molar refractivity (Wildman–Crippen MR) is 78.9 cm³/mol. The molecule has 19 heavy (non-hydrogen) atoms. The lowest BCUT2D eigenvalue weighted by Crippen LogP contribution is -2.48. The first-order valence-electron chi connectivity index (χ1n) is 6.65. The molecule has 0 aromatic heterocycles. The molecule has 0 aliphatic heterocycles. The van der Waals surface area contributed by atoms with Gasteiger partial charge in [-0.25, -0.2) is 0 Å². The molecular formula is C15H19ClN2O. The van der Waals surface area contributed by atoms with Crippen molar-refractivity contribution < 1.29 is 4.79 Å². The van der Waals surface area contributed by atoms with Crippen LogP contribution in [0.3, 0.4) is 0 Å². The minimum absolute atomic E-state index is 0.0848. The topological polar surface area (TPSA) is 55.1 Å². The van der Waals surface area contributed by atoms with Crippen LogP contribution in [-0.2, 0) is 4.79 Å². The number of rotatable bonds is 3. The molecular weight excluding hydrogens is 260 g/mol. The molecule has 3 nitrogen and oxygen atoms in total. The largest absolute Gasteiger partial charge is 0.348 e. The van der Waals surface area contributed by atoms with Crippen LogP contribution in [0.1, 0.15) is 31.2 Å². The van der Waals surface area contributed by atoms with Gasteiger partial charge in [-0.05, 0) is 36.6 Å². The number of hydrogen-bond donors (Lipinski definition) is 2. The molecule has 4 heteroatoms. The second-order valence-corrected chi connectivity index (χ2v) is 5.38. The number of halogens is 1. The number of hydrogen-bond acceptors (Lipinski definition) is 2. The Morgan fingerprint density at radius 3 is 2.63 bits per heavy atom. The number of amides is 1. The number of nitrogens with two attached hydrogens (primary N) is 1. The smallest absolute Gasteiger partial charge is 0.244 e. The van der Waals surface area contributed by atoms with Crippen molar-refractivity contribution in [3.8, 4) is 0 Å². The monoisotopic (exact) mass is 278 g/mol. The fourth-order valence-electron chi connectivity index (χ4n) is 2.32. The van der Waals surface area contributed by atoms with Crippen LogP contribution in [0.15, 0.2) is 30.3 Å². The summed E-state index contributed by atoms with van der Waals surface area (Å²) in [6, 6.07) is 7.54. The zero-order valence-corrected chi connectivity index (χ0v) is 11.6. The zero-order chi connectivity index (χ0) is 13.7. The minimum atomic E-state index is -0.0858. The summed E-state index contributed by atoms with van der Waals surface area (Å²) in [6.45, 7) is 0. The molecule has 1 fully saturated rings. The van der Waals surface area contributed by atoms with Crippen molar-refractivity contribution in [1.29, 1.82) is 0 Å². The highest BCUT2D eigenvalue weighted by Gasteiger charge is 2.22. The van der Waals surface area contributed by atoms with E-state index in [1.165, 1.54) is 0 Å². The highest BCUT2D eigenvalue weighted by atomic mass is 35.5. The van der Waals surface area contributed by atoms with Crippen LogP contribution >= 0.6 is 11.6 Å². The average molecular weight is 279 g/mol. The molecule has 0 bridgehead atoms. The molecule has 1 amide bonds. The lowest BCUT2D eigenvalue weighted by atomic mass is 9.91. The van der Waals surface area contributed by atoms with Gasteiger partial charge in [-0.3, -0.25) is 4.79 Å².